The van der Waals surface area contributed by atoms with Crippen LogP contribution in [0.3, 0.4) is 0 Å². The Labute approximate surface area is 163 Å². The number of carbonyl (C=O) groups is 1. The molecule has 0 unspecified atom stereocenters. The fourth-order valence-electron chi connectivity index (χ4n) is 3.27. The van der Waals surface area contributed by atoms with Crippen LogP contribution in [0.1, 0.15) is 53.7 Å². The van der Waals surface area contributed by atoms with E-state index in [-0.39, 0.29) is 6.61 Å². The maximum atomic E-state index is 12.6. The summed E-state index contributed by atoms with van der Waals surface area (Å²) in [5.74, 6) is 0.302. The molecule has 0 N–H and O–H groups in total. The third-order valence-corrected chi connectivity index (χ3v) is 4.60. The van der Waals surface area contributed by atoms with E-state index in [0.717, 1.165) is 16.5 Å². The Kier molecular flexibility index (Phi) is 5.83. The van der Waals surface area contributed by atoms with Gasteiger partial charge in [-0.2, -0.15) is 0 Å². The highest BCUT2D eigenvalue weighted by atomic mass is 16.5. The second-order valence-electron chi connectivity index (χ2n) is 6.96. The van der Waals surface area contributed by atoms with E-state index >= 15 is 0 Å². The first-order chi connectivity index (χ1) is 13.4. The van der Waals surface area contributed by atoms with E-state index in [9.17, 15) is 9.59 Å². The molecule has 0 aliphatic rings. The topological polar surface area (TPSA) is 65.7 Å². The Morgan fingerprint density at radius 2 is 1.89 bits per heavy atom. The molecule has 0 aliphatic heterocycles. The Hall–Kier alpha value is -3.08. The monoisotopic (exact) mass is 380 g/mol. The Morgan fingerprint density at radius 3 is 2.61 bits per heavy atom. The lowest BCUT2D eigenvalue weighted by molar-refractivity contribution is 0.0469. The summed E-state index contributed by atoms with van der Waals surface area (Å²) in [6.45, 7) is 8.49. The lowest BCUT2D eigenvalue weighted by Crippen LogP contribution is -2.10. The molecule has 3 rings (SSSR count). The van der Waals surface area contributed by atoms with Crippen LogP contribution in [0.4, 0.5) is 0 Å². The van der Waals surface area contributed by atoms with Crippen molar-refractivity contribution in [3.05, 3.63) is 75.1 Å². The Bertz CT molecular complexity index is 1060. The van der Waals surface area contributed by atoms with Gasteiger partial charge in [-0.3, -0.25) is 0 Å². The summed E-state index contributed by atoms with van der Waals surface area (Å²) >= 11 is 0. The van der Waals surface area contributed by atoms with Crippen molar-refractivity contribution >= 4 is 16.9 Å². The van der Waals surface area contributed by atoms with Crippen molar-refractivity contribution in [1.82, 2.24) is 0 Å². The summed E-state index contributed by atoms with van der Waals surface area (Å²) in [4.78, 5) is 24.5. The molecule has 2 aromatic carbocycles. The number of esters is 1. The predicted molar refractivity (Wildman–Crippen MR) is 108 cm³/mol. The first-order valence-corrected chi connectivity index (χ1v) is 9.37. The zero-order chi connectivity index (χ0) is 20.3. The standard InChI is InChI=1S/C23H24O5/c1-5-26-20-9-7-6-8-17(20)23(25)27-13-16-11-22(24)28-21-10-15(4)18(14(2)3)12-19(16)21/h6-12,14H,5,13H2,1-4H3. The number of benzene rings is 2. The second kappa shape index (κ2) is 8.30. The van der Waals surface area contributed by atoms with Crippen molar-refractivity contribution in [2.45, 2.75) is 40.2 Å². The van der Waals surface area contributed by atoms with Gasteiger partial charge in [0, 0.05) is 17.0 Å². The van der Waals surface area contributed by atoms with E-state index < -0.39 is 11.6 Å². The van der Waals surface area contributed by atoms with Crippen molar-refractivity contribution in [2.24, 2.45) is 0 Å². The number of ether oxygens (including phenoxy) is 2. The first kappa shape index (κ1) is 19.7. The number of para-hydroxylation sites is 1. The molecule has 0 radical (unpaired) electrons. The molecule has 1 heterocycles. The van der Waals surface area contributed by atoms with Gasteiger partial charge in [0.1, 0.15) is 23.5 Å². The van der Waals surface area contributed by atoms with Crippen molar-refractivity contribution in [1.29, 1.82) is 0 Å². The van der Waals surface area contributed by atoms with E-state index in [1.54, 1.807) is 24.3 Å². The maximum Gasteiger partial charge on any atom is 0.342 e. The summed E-state index contributed by atoms with van der Waals surface area (Å²) in [5.41, 5.74) is 3.23. The van der Waals surface area contributed by atoms with Crippen LogP contribution >= 0.6 is 0 Å². The normalized spacial score (nSPS) is 11.0. The molecule has 0 aliphatic carbocycles. The fourth-order valence-corrected chi connectivity index (χ4v) is 3.27. The number of rotatable bonds is 6. The maximum absolute atomic E-state index is 12.6. The number of carbonyl (C=O) groups excluding carboxylic acids is 1. The smallest absolute Gasteiger partial charge is 0.342 e. The molecule has 28 heavy (non-hydrogen) atoms. The van der Waals surface area contributed by atoms with Crippen LogP contribution in [0.25, 0.3) is 11.0 Å². The molecule has 5 heteroatoms. The molecule has 0 amide bonds. The second-order valence-corrected chi connectivity index (χ2v) is 6.96. The van der Waals surface area contributed by atoms with E-state index in [1.807, 2.05) is 26.0 Å². The SMILES string of the molecule is CCOc1ccccc1C(=O)OCc1cc(=O)oc2cc(C)c(C(C)C)cc12. The molecular weight excluding hydrogens is 356 g/mol. The van der Waals surface area contributed by atoms with Gasteiger partial charge in [0.15, 0.2) is 0 Å². The molecule has 1 aromatic heterocycles. The van der Waals surface area contributed by atoms with Gasteiger partial charge >= 0.3 is 11.6 Å². The molecule has 0 fully saturated rings. The Balaban J connectivity index is 1.93. The molecule has 3 aromatic rings. The highest BCUT2D eigenvalue weighted by Crippen LogP contribution is 2.27. The van der Waals surface area contributed by atoms with Gasteiger partial charge in [0.2, 0.25) is 0 Å². The highest BCUT2D eigenvalue weighted by Gasteiger charge is 2.16. The molecule has 0 spiro atoms. The molecule has 0 saturated carbocycles. The van der Waals surface area contributed by atoms with Crippen LogP contribution in [-0.2, 0) is 11.3 Å². The fraction of sp³-hybridized carbons (Fsp3) is 0.304. The van der Waals surface area contributed by atoms with Crippen LogP contribution in [-0.4, -0.2) is 12.6 Å². The third kappa shape index (κ3) is 4.09. The van der Waals surface area contributed by atoms with Crippen molar-refractivity contribution in [3.63, 3.8) is 0 Å². The predicted octanol–water partition coefficient (Wildman–Crippen LogP) is 4.98. The lowest BCUT2D eigenvalue weighted by Gasteiger charge is -2.14. The zero-order valence-electron chi connectivity index (χ0n) is 16.6. The van der Waals surface area contributed by atoms with E-state index in [1.165, 1.54) is 6.07 Å². The van der Waals surface area contributed by atoms with Gasteiger partial charge in [0.05, 0.1) is 6.61 Å². The summed E-state index contributed by atoms with van der Waals surface area (Å²) in [6.07, 6.45) is 0. The zero-order valence-corrected chi connectivity index (χ0v) is 16.6. The van der Waals surface area contributed by atoms with E-state index in [4.69, 9.17) is 13.9 Å². The summed E-state index contributed by atoms with van der Waals surface area (Å²) in [6, 6.07) is 12.2. The van der Waals surface area contributed by atoms with Crippen molar-refractivity contribution in [3.8, 4) is 5.75 Å². The number of hydrogen-bond donors (Lipinski definition) is 0. The molecular formula is C23H24O5. The minimum atomic E-state index is -0.498. The van der Waals surface area contributed by atoms with Crippen LogP contribution in [0.2, 0.25) is 0 Å². The van der Waals surface area contributed by atoms with Crippen LogP contribution in [0.5, 0.6) is 5.75 Å². The average Bonchev–Trinajstić information content (AvgIpc) is 2.65. The summed E-state index contributed by atoms with van der Waals surface area (Å²) < 4.78 is 16.3. The van der Waals surface area contributed by atoms with Crippen LogP contribution in [0.15, 0.2) is 51.7 Å². The molecule has 5 nitrogen and oxygen atoms in total. The van der Waals surface area contributed by atoms with E-state index in [0.29, 0.717) is 35.0 Å². The molecule has 0 saturated heterocycles. The number of aryl methyl sites for hydroxylation is 1. The largest absolute Gasteiger partial charge is 0.493 e. The number of fused-ring (bicyclic) bond motifs is 1. The third-order valence-electron chi connectivity index (χ3n) is 4.60. The molecule has 146 valence electrons. The van der Waals surface area contributed by atoms with Gasteiger partial charge in [0.25, 0.3) is 0 Å². The van der Waals surface area contributed by atoms with Gasteiger partial charge in [-0.1, -0.05) is 26.0 Å². The van der Waals surface area contributed by atoms with Crippen molar-refractivity contribution in [2.75, 3.05) is 6.61 Å². The minimum absolute atomic E-state index is 0.0258. The van der Waals surface area contributed by atoms with Gasteiger partial charge < -0.3 is 13.9 Å². The van der Waals surface area contributed by atoms with Gasteiger partial charge in [-0.25, -0.2) is 9.59 Å². The van der Waals surface area contributed by atoms with Crippen LogP contribution in [0, 0.1) is 6.92 Å². The first-order valence-electron chi connectivity index (χ1n) is 9.37. The van der Waals surface area contributed by atoms with Gasteiger partial charge in [-0.15, -0.1) is 0 Å². The highest BCUT2D eigenvalue weighted by molar-refractivity contribution is 5.92. The number of hydrogen-bond acceptors (Lipinski definition) is 5. The summed E-state index contributed by atoms with van der Waals surface area (Å²) in [7, 11) is 0. The molecule has 0 bridgehead atoms. The van der Waals surface area contributed by atoms with Crippen LogP contribution < -0.4 is 10.4 Å². The van der Waals surface area contributed by atoms with Gasteiger partial charge in [-0.05, 0) is 55.2 Å². The summed E-state index contributed by atoms with van der Waals surface area (Å²) in [5, 5.41) is 0.778. The van der Waals surface area contributed by atoms with Crippen molar-refractivity contribution < 1.29 is 18.7 Å². The average molecular weight is 380 g/mol. The van der Waals surface area contributed by atoms with E-state index in [2.05, 4.69) is 13.8 Å². The quantitative estimate of drug-likeness (QED) is 0.446. The Morgan fingerprint density at radius 1 is 1.14 bits per heavy atom. The lowest BCUT2D eigenvalue weighted by atomic mass is 9.95. The minimum Gasteiger partial charge on any atom is -0.493 e. The molecule has 0 atom stereocenters.